The van der Waals surface area contributed by atoms with Crippen molar-refractivity contribution in [1.29, 1.82) is 0 Å². The molecular weight excluding hydrogens is 450 g/mol. The number of aryl methyl sites for hydroxylation is 1. The van der Waals surface area contributed by atoms with Gasteiger partial charge in [-0.2, -0.15) is 14.8 Å². The number of nitrogens with one attached hydrogen (secondary N) is 1. The Labute approximate surface area is 203 Å². The summed E-state index contributed by atoms with van der Waals surface area (Å²) < 4.78 is 6.93. The third-order valence-electron chi connectivity index (χ3n) is 6.10. The van der Waals surface area contributed by atoms with Crippen molar-refractivity contribution in [2.75, 3.05) is 27.3 Å². The van der Waals surface area contributed by atoms with Gasteiger partial charge in [-0.1, -0.05) is 23.9 Å². The minimum atomic E-state index is -0.686. The summed E-state index contributed by atoms with van der Waals surface area (Å²) >= 11 is 1.61. The molecule has 4 rings (SSSR count). The fourth-order valence-electron chi connectivity index (χ4n) is 3.95. The second kappa shape index (κ2) is 9.99. The molecule has 0 aliphatic carbocycles. The lowest BCUT2D eigenvalue weighted by atomic mass is 9.73. The number of nitrogens with zero attached hydrogens (tertiary/aromatic N) is 4. The first kappa shape index (κ1) is 24.0. The third-order valence-corrected chi connectivity index (χ3v) is 7.10. The fraction of sp³-hybridized carbons (Fsp3) is 0.360. The number of benzene rings is 2. The van der Waals surface area contributed by atoms with Crippen LogP contribution in [0.4, 0.5) is 0 Å². The maximum absolute atomic E-state index is 13.4. The van der Waals surface area contributed by atoms with Crippen molar-refractivity contribution in [2.45, 2.75) is 41.9 Å². The van der Waals surface area contributed by atoms with Crippen molar-refractivity contribution in [3.8, 4) is 5.69 Å². The molecule has 1 saturated heterocycles. The first-order chi connectivity index (χ1) is 16.3. The Morgan fingerprint density at radius 3 is 2.47 bits per heavy atom. The van der Waals surface area contributed by atoms with Gasteiger partial charge in [-0.15, -0.1) is 0 Å². The number of aliphatic imine (C=N–C) groups is 1. The first-order valence-electron chi connectivity index (χ1n) is 11.2. The maximum Gasteiger partial charge on any atom is 0.348 e. The second-order valence-electron chi connectivity index (χ2n) is 8.60. The van der Waals surface area contributed by atoms with Gasteiger partial charge in [-0.25, -0.2) is 4.79 Å². The van der Waals surface area contributed by atoms with E-state index >= 15 is 0 Å². The summed E-state index contributed by atoms with van der Waals surface area (Å²) in [6, 6.07) is 15.8. The Hall–Kier alpha value is -3.17. The highest BCUT2D eigenvalue weighted by Gasteiger charge is 2.42. The van der Waals surface area contributed by atoms with Crippen molar-refractivity contribution in [3.05, 3.63) is 70.4 Å². The molecule has 1 aliphatic rings. The van der Waals surface area contributed by atoms with Crippen molar-refractivity contribution >= 4 is 23.5 Å². The molecule has 0 saturated carbocycles. The molecule has 2 heterocycles. The van der Waals surface area contributed by atoms with Crippen LogP contribution in [0.3, 0.4) is 0 Å². The maximum atomic E-state index is 13.4. The highest BCUT2D eigenvalue weighted by molar-refractivity contribution is 7.99. The molecule has 3 aromatic rings. The molecule has 0 unspecified atom stereocenters. The van der Waals surface area contributed by atoms with Crippen LogP contribution >= 0.6 is 11.8 Å². The van der Waals surface area contributed by atoms with Gasteiger partial charge in [0.25, 0.3) is 5.91 Å². The van der Waals surface area contributed by atoms with Crippen molar-refractivity contribution < 1.29 is 9.53 Å². The topological polar surface area (TPSA) is 92.6 Å². The summed E-state index contributed by atoms with van der Waals surface area (Å²) in [4.78, 5) is 36.4. The Morgan fingerprint density at radius 2 is 1.85 bits per heavy atom. The van der Waals surface area contributed by atoms with Gasteiger partial charge in [0.05, 0.1) is 11.1 Å². The largest absolute Gasteiger partial charge is 0.381 e. The molecule has 9 heteroatoms. The second-order valence-corrected chi connectivity index (χ2v) is 9.75. The molecule has 1 aliphatic heterocycles. The standard InChI is InChI=1S/C25H29N5O3S/c1-17-26-24(32)30(28-17)20-8-10-21(11-9-20)34-22-7-5-6-19(16-22)25(12-14-33-15-13-25)23(31)27-18(2)29(3)4/h5-11,16H,12-15H2,1-4H3,(H,26,28,32). The number of carbonyl (C=O) groups excluding carboxylic acids is 1. The van der Waals surface area contributed by atoms with E-state index in [0.717, 1.165) is 15.4 Å². The molecule has 178 valence electrons. The average molecular weight is 480 g/mol. The predicted octanol–water partition coefficient (Wildman–Crippen LogP) is 3.58. The van der Waals surface area contributed by atoms with E-state index < -0.39 is 5.41 Å². The molecular formula is C25H29N5O3S. The minimum Gasteiger partial charge on any atom is -0.381 e. The molecule has 8 nitrogen and oxygen atoms in total. The Balaban J connectivity index is 1.60. The lowest BCUT2D eigenvalue weighted by Gasteiger charge is -2.35. The van der Waals surface area contributed by atoms with Gasteiger partial charge in [-0.05, 0) is 68.7 Å². The van der Waals surface area contributed by atoms with Crippen LogP contribution in [0, 0.1) is 6.92 Å². The van der Waals surface area contributed by atoms with Crippen LogP contribution in [-0.2, 0) is 14.9 Å². The molecule has 2 aromatic carbocycles. The smallest absolute Gasteiger partial charge is 0.348 e. The number of ether oxygens (including phenoxy) is 1. The number of amidine groups is 1. The van der Waals surface area contributed by atoms with E-state index in [1.54, 1.807) is 18.7 Å². The molecule has 0 atom stereocenters. The highest BCUT2D eigenvalue weighted by Crippen LogP contribution is 2.39. The van der Waals surface area contributed by atoms with Crippen molar-refractivity contribution in [2.24, 2.45) is 4.99 Å². The molecule has 0 spiro atoms. The summed E-state index contributed by atoms with van der Waals surface area (Å²) in [5.74, 6) is 1.14. The minimum absolute atomic E-state index is 0.117. The average Bonchev–Trinajstić information content (AvgIpc) is 3.17. The van der Waals surface area contributed by atoms with Gasteiger partial charge >= 0.3 is 5.69 Å². The number of aromatic nitrogens is 3. The van der Waals surface area contributed by atoms with Gasteiger partial charge in [-0.3, -0.25) is 9.78 Å². The SMILES string of the molecule is CC(=NC(=O)C1(c2cccc(Sc3ccc(-n4nc(C)[nH]c4=O)cc3)c2)CCOCC1)N(C)C. The number of hydrogen-bond acceptors (Lipinski definition) is 5. The zero-order valence-corrected chi connectivity index (χ0v) is 20.7. The van der Waals surface area contributed by atoms with Crippen LogP contribution in [0.1, 0.15) is 31.2 Å². The lowest BCUT2D eigenvalue weighted by molar-refractivity contribution is -0.126. The van der Waals surface area contributed by atoms with Crippen LogP contribution in [0.15, 0.2) is 68.1 Å². The normalized spacial score (nSPS) is 15.8. The number of rotatable bonds is 5. The van der Waals surface area contributed by atoms with Crippen LogP contribution in [-0.4, -0.2) is 58.7 Å². The summed E-state index contributed by atoms with van der Waals surface area (Å²) in [6.45, 7) is 4.66. The monoisotopic (exact) mass is 479 g/mol. The number of carbonyl (C=O) groups is 1. The quantitative estimate of drug-likeness (QED) is 0.444. The van der Waals surface area contributed by atoms with Crippen LogP contribution in [0.2, 0.25) is 0 Å². The van der Waals surface area contributed by atoms with Crippen molar-refractivity contribution in [1.82, 2.24) is 19.7 Å². The van der Waals surface area contributed by atoms with Crippen molar-refractivity contribution in [3.63, 3.8) is 0 Å². The van der Waals surface area contributed by atoms with E-state index in [1.165, 1.54) is 4.68 Å². The Bertz CT molecular complexity index is 1250. The number of hydrogen-bond donors (Lipinski definition) is 1. The van der Waals surface area contributed by atoms with Gasteiger partial charge in [0, 0.05) is 37.1 Å². The highest BCUT2D eigenvalue weighted by atomic mass is 32.2. The van der Waals surface area contributed by atoms with Crippen LogP contribution in [0.25, 0.3) is 5.69 Å². The molecule has 34 heavy (non-hydrogen) atoms. The van der Waals surface area contributed by atoms with Gasteiger partial charge in [0.15, 0.2) is 0 Å². The third kappa shape index (κ3) is 5.00. The molecule has 0 radical (unpaired) electrons. The fourth-order valence-corrected chi connectivity index (χ4v) is 4.83. The summed E-state index contributed by atoms with van der Waals surface area (Å²) in [5, 5.41) is 4.20. The van der Waals surface area contributed by atoms with E-state index in [1.807, 2.05) is 68.4 Å². The molecule has 1 amide bonds. The zero-order valence-electron chi connectivity index (χ0n) is 19.9. The first-order valence-corrected chi connectivity index (χ1v) is 12.0. The number of amides is 1. The number of aromatic amines is 1. The van der Waals surface area contributed by atoms with E-state index in [0.29, 0.717) is 43.4 Å². The molecule has 1 aromatic heterocycles. The van der Waals surface area contributed by atoms with E-state index in [9.17, 15) is 9.59 Å². The molecule has 1 N–H and O–H groups in total. The summed E-state index contributed by atoms with van der Waals surface area (Å²) in [5.41, 5.74) is 0.725. The van der Waals surface area contributed by atoms with E-state index in [4.69, 9.17) is 4.74 Å². The van der Waals surface area contributed by atoms with E-state index in [-0.39, 0.29) is 11.6 Å². The number of H-pyrrole nitrogens is 1. The molecule has 0 bridgehead atoms. The van der Waals surface area contributed by atoms with Gasteiger partial charge in [0.1, 0.15) is 11.7 Å². The predicted molar refractivity (Wildman–Crippen MR) is 133 cm³/mol. The lowest BCUT2D eigenvalue weighted by Crippen LogP contribution is -2.41. The summed E-state index contributed by atoms with van der Waals surface area (Å²) in [6.07, 6.45) is 1.22. The zero-order chi connectivity index (χ0) is 24.3. The van der Waals surface area contributed by atoms with Gasteiger partial charge in [0.2, 0.25) is 0 Å². The van der Waals surface area contributed by atoms with E-state index in [2.05, 4.69) is 21.1 Å². The Kier molecular flexibility index (Phi) is 7.04. The molecule has 1 fully saturated rings. The Morgan fingerprint density at radius 1 is 1.15 bits per heavy atom. The van der Waals surface area contributed by atoms with Gasteiger partial charge < -0.3 is 9.64 Å². The summed E-state index contributed by atoms with van der Waals surface area (Å²) in [7, 11) is 3.77. The van der Waals surface area contributed by atoms with Crippen LogP contribution in [0.5, 0.6) is 0 Å². The van der Waals surface area contributed by atoms with Crippen LogP contribution < -0.4 is 5.69 Å².